The van der Waals surface area contributed by atoms with Gasteiger partial charge < -0.3 is 19.7 Å². The lowest BCUT2D eigenvalue weighted by molar-refractivity contribution is -0.115. The number of nitrogens with one attached hydrogen (secondary N) is 1. The summed E-state index contributed by atoms with van der Waals surface area (Å²) in [5, 5.41) is 4.85. The molecular weight excluding hydrogens is 500 g/mol. The molecule has 0 radical (unpaired) electrons. The zero-order valence-electron chi connectivity index (χ0n) is 20.6. The third-order valence-electron chi connectivity index (χ3n) is 6.11. The minimum absolute atomic E-state index is 0.105. The van der Waals surface area contributed by atoms with E-state index in [4.69, 9.17) is 14.5 Å². The Bertz CT molecular complexity index is 1280. The van der Waals surface area contributed by atoms with E-state index in [2.05, 4.69) is 5.32 Å². The second kappa shape index (κ2) is 11.8. The number of piperidine rings is 1. The van der Waals surface area contributed by atoms with Crippen LogP contribution in [0.3, 0.4) is 0 Å². The monoisotopic (exact) mass is 530 g/mol. The Labute approximate surface area is 217 Å². The summed E-state index contributed by atoms with van der Waals surface area (Å²) in [4.78, 5) is 45.4. The van der Waals surface area contributed by atoms with Crippen molar-refractivity contribution in [2.75, 3.05) is 32.1 Å². The molecule has 0 spiro atoms. The highest BCUT2D eigenvalue weighted by Crippen LogP contribution is 2.33. The molecule has 11 heteroatoms. The highest BCUT2D eigenvalue weighted by Gasteiger charge is 2.30. The minimum Gasteiger partial charge on any atom is -0.495 e. The Morgan fingerprint density at radius 2 is 1.97 bits per heavy atom. The largest absolute Gasteiger partial charge is 0.495 e. The molecule has 3 heterocycles. The van der Waals surface area contributed by atoms with Crippen molar-refractivity contribution in [3.63, 3.8) is 0 Å². The number of carbonyl (C=O) groups is 2. The lowest BCUT2D eigenvalue weighted by atomic mass is 10.1. The van der Waals surface area contributed by atoms with E-state index in [1.807, 2.05) is 30.5 Å². The molecule has 192 valence electrons. The van der Waals surface area contributed by atoms with Crippen LogP contribution in [0.2, 0.25) is 0 Å². The number of benzene rings is 1. The molecule has 1 aliphatic heterocycles. The van der Waals surface area contributed by atoms with Crippen LogP contribution in [-0.2, 0) is 9.53 Å². The topological polar surface area (TPSA) is 103 Å². The van der Waals surface area contributed by atoms with Crippen LogP contribution in [0.4, 0.5) is 10.5 Å². The normalized spacial score (nSPS) is 15.0. The number of thioether (sulfide) groups is 1. The molecule has 1 unspecified atom stereocenters. The van der Waals surface area contributed by atoms with Gasteiger partial charge >= 0.3 is 6.09 Å². The number of hydrogen-bond donors (Lipinski definition) is 1. The molecule has 1 saturated heterocycles. The van der Waals surface area contributed by atoms with Crippen LogP contribution in [0.25, 0.3) is 10.2 Å². The van der Waals surface area contributed by atoms with E-state index in [0.717, 1.165) is 0 Å². The van der Waals surface area contributed by atoms with E-state index < -0.39 is 5.25 Å². The first-order chi connectivity index (χ1) is 17.5. The van der Waals surface area contributed by atoms with Crippen molar-refractivity contribution >= 4 is 51.0 Å². The maximum absolute atomic E-state index is 13.5. The number of carbonyl (C=O) groups excluding carboxylic acids is 2. The maximum atomic E-state index is 13.5. The fourth-order valence-electron chi connectivity index (χ4n) is 4.24. The van der Waals surface area contributed by atoms with Gasteiger partial charge in [0.15, 0.2) is 5.16 Å². The molecule has 2 aromatic heterocycles. The highest BCUT2D eigenvalue weighted by molar-refractivity contribution is 8.00. The number of anilines is 1. The standard InChI is InChI=1S/C25H30N4O5S2/c1-4-20(22(30)26-17-8-6-7-9-19(17)33-3)36-24-27-18-12-15-35-21(18)23(31)29(24)16-10-13-28(14-11-16)25(32)34-5-2/h6-9,12,15-16,20H,4-5,10-11,13-14H2,1-3H3,(H,26,30). The van der Waals surface area contributed by atoms with Gasteiger partial charge in [-0.1, -0.05) is 30.8 Å². The van der Waals surface area contributed by atoms with Crippen LogP contribution in [0.5, 0.6) is 5.75 Å². The van der Waals surface area contributed by atoms with Crippen molar-refractivity contribution in [1.29, 1.82) is 0 Å². The predicted molar refractivity (Wildman–Crippen MR) is 142 cm³/mol. The van der Waals surface area contributed by atoms with Crippen molar-refractivity contribution in [3.05, 3.63) is 46.1 Å². The van der Waals surface area contributed by atoms with Crippen LogP contribution in [-0.4, -0.2) is 58.5 Å². The van der Waals surface area contributed by atoms with Gasteiger partial charge in [0.05, 0.1) is 30.2 Å². The number of likely N-dealkylation sites (tertiary alicyclic amines) is 1. The summed E-state index contributed by atoms with van der Waals surface area (Å²) in [5.74, 6) is 0.393. The summed E-state index contributed by atoms with van der Waals surface area (Å²) < 4.78 is 12.8. The second-order valence-electron chi connectivity index (χ2n) is 8.33. The molecule has 0 aliphatic carbocycles. The fourth-order valence-corrected chi connectivity index (χ4v) is 6.09. The molecule has 1 N–H and O–H groups in total. The molecule has 36 heavy (non-hydrogen) atoms. The summed E-state index contributed by atoms with van der Waals surface area (Å²) >= 11 is 2.66. The van der Waals surface area contributed by atoms with Gasteiger partial charge in [0.2, 0.25) is 5.91 Å². The summed E-state index contributed by atoms with van der Waals surface area (Å²) in [6.07, 6.45) is 1.43. The molecule has 4 rings (SSSR count). The van der Waals surface area contributed by atoms with Crippen molar-refractivity contribution in [2.45, 2.75) is 49.6 Å². The maximum Gasteiger partial charge on any atom is 0.409 e. The Hall–Kier alpha value is -3.05. The molecule has 9 nitrogen and oxygen atoms in total. The summed E-state index contributed by atoms with van der Waals surface area (Å²) in [6.45, 7) is 5.03. The molecule has 3 aromatic rings. The van der Waals surface area contributed by atoms with Gasteiger partial charge in [-0.15, -0.1) is 11.3 Å². The van der Waals surface area contributed by atoms with E-state index >= 15 is 0 Å². The van der Waals surface area contributed by atoms with Crippen LogP contribution in [0.1, 0.15) is 39.2 Å². The zero-order valence-corrected chi connectivity index (χ0v) is 22.2. The van der Waals surface area contributed by atoms with E-state index in [-0.39, 0.29) is 23.6 Å². The van der Waals surface area contributed by atoms with E-state index in [1.165, 1.54) is 23.1 Å². The van der Waals surface area contributed by atoms with E-state index in [0.29, 0.717) is 65.8 Å². The fraction of sp³-hybridized carbons (Fsp3) is 0.440. The Balaban J connectivity index is 1.60. The first kappa shape index (κ1) is 26.0. The molecule has 1 fully saturated rings. The van der Waals surface area contributed by atoms with Gasteiger partial charge in [0, 0.05) is 19.1 Å². The van der Waals surface area contributed by atoms with E-state index in [9.17, 15) is 14.4 Å². The lowest BCUT2D eigenvalue weighted by Crippen LogP contribution is -2.41. The van der Waals surface area contributed by atoms with Crippen LogP contribution in [0.15, 0.2) is 45.7 Å². The van der Waals surface area contributed by atoms with Crippen LogP contribution >= 0.6 is 23.1 Å². The summed E-state index contributed by atoms with van der Waals surface area (Å²) in [5.41, 5.74) is 1.12. The molecule has 1 aliphatic rings. The number of amides is 2. The Morgan fingerprint density at radius 3 is 2.67 bits per heavy atom. The van der Waals surface area contributed by atoms with Crippen molar-refractivity contribution in [1.82, 2.24) is 14.5 Å². The van der Waals surface area contributed by atoms with Crippen LogP contribution < -0.4 is 15.6 Å². The molecule has 0 bridgehead atoms. The number of aromatic nitrogens is 2. The van der Waals surface area contributed by atoms with Gasteiger partial charge in [-0.05, 0) is 49.8 Å². The molecule has 0 saturated carbocycles. The molecule has 1 aromatic carbocycles. The SMILES string of the molecule is CCOC(=O)N1CCC(n2c(SC(CC)C(=O)Nc3ccccc3OC)nc3ccsc3c2=O)CC1. The number of rotatable bonds is 8. The number of thiophene rings is 1. The number of hydrogen-bond acceptors (Lipinski definition) is 8. The lowest BCUT2D eigenvalue weighted by Gasteiger charge is -2.33. The molecular formula is C25H30N4O5S2. The third-order valence-corrected chi connectivity index (χ3v) is 8.33. The van der Waals surface area contributed by atoms with Crippen molar-refractivity contribution in [3.8, 4) is 5.75 Å². The third kappa shape index (κ3) is 5.52. The summed E-state index contributed by atoms with van der Waals surface area (Å²) in [6, 6.07) is 8.95. The number of para-hydroxylation sites is 2. The smallest absolute Gasteiger partial charge is 0.409 e. The van der Waals surface area contributed by atoms with Gasteiger partial charge in [-0.3, -0.25) is 14.2 Å². The second-order valence-corrected chi connectivity index (χ2v) is 10.4. The van der Waals surface area contributed by atoms with Crippen LogP contribution in [0, 0.1) is 0 Å². The van der Waals surface area contributed by atoms with Gasteiger partial charge in [-0.2, -0.15) is 0 Å². The van der Waals surface area contributed by atoms with Gasteiger partial charge in [-0.25, -0.2) is 9.78 Å². The van der Waals surface area contributed by atoms with Gasteiger partial charge in [0.1, 0.15) is 10.4 Å². The van der Waals surface area contributed by atoms with Crippen molar-refractivity contribution in [2.24, 2.45) is 0 Å². The average molecular weight is 531 g/mol. The highest BCUT2D eigenvalue weighted by atomic mass is 32.2. The van der Waals surface area contributed by atoms with E-state index in [1.54, 1.807) is 35.6 Å². The molecule has 2 amide bonds. The predicted octanol–water partition coefficient (Wildman–Crippen LogP) is 4.77. The first-order valence-corrected chi connectivity index (χ1v) is 13.7. The van der Waals surface area contributed by atoms with Gasteiger partial charge in [0.25, 0.3) is 5.56 Å². The summed E-state index contributed by atoms with van der Waals surface area (Å²) in [7, 11) is 1.56. The minimum atomic E-state index is -0.469. The first-order valence-electron chi connectivity index (χ1n) is 12.0. The number of fused-ring (bicyclic) bond motifs is 1. The molecule has 1 atom stereocenters. The Morgan fingerprint density at radius 1 is 1.22 bits per heavy atom. The van der Waals surface area contributed by atoms with Crippen molar-refractivity contribution < 1.29 is 19.1 Å². The zero-order chi connectivity index (χ0) is 25.7. The Kier molecular flexibility index (Phi) is 8.52. The number of ether oxygens (including phenoxy) is 2. The number of nitrogens with zero attached hydrogens (tertiary/aromatic N) is 3. The quantitative estimate of drug-likeness (QED) is 0.331. The average Bonchev–Trinajstić information content (AvgIpc) is 3.37. The number of methoxy groups -OCH3 is 1.